The lowest BCUT2D eigenvalue weighted by molar-refractivity contribution is 0.288. The standard InChI is InChI=1S/C12H15N3O/c1-10-4-2-6-12(8-10)15-9-11(13-14-15)5-3-7-16/h2,4,6,8-9,16H,3,5,7H2,1H3. The molecule has 16 heavy (non-hydrogen) atoms. The first-order valence-electron chi connectivity index (χ1n) is 5.39. The molecule has 0 radical (unpaired) electrons. The molecule has 0 amide bonds. The molecular weight excluding hydrogens is 202 g/mol. The first kappa shape index (κ1) is 10.8. The molecule has 0 saturated carbocycles. The summed E-state index contributed by atoms with van der Waals surface area (Å²) in [7, 11) is 0. The van der Waals surface area contributed by atoms with Crippen LogP contribution in [0.25, 0.3) is 5.69 Å². The number of nitrogens with zero attached hydrogens (tertiary/aromatic N) is 3. The van der Waals surface area contributed by atoms with Crippen LogP contribution in [0, 0.1) is 6.92 Å². The van der Waals surface area contributed by atoms with Gasteiger partial charge in [0.25, 0.3) is 0 Å². The topological polar surface area (TPSA) is 50.9 Å². The summed E-state index contributed by atoms with van der Waals surface area (Å²) in [6.45, 7) is 2.24. The Labute approximate surface area is 94.5 Å². The molecule has 1 N–H and O–H groups in total. The molecule has 0 spiro atoms. The van der Waals surface area contributed by atoms with Crippen LogP contribution >= 0.6 is 0 Å². The highest BCUT2D eigenvalue weighted by atomic mass is 16.2. The van der Waals surface area contributed by atoms with Gasteiger partial charge in [-0.05, 0) is 37.5 Å². The molecule has 0 aliphatic carbocycles. The van der Waals surface area contributed by atoms with Gasteiger partial charge in [-0.3, -0.25) is 0 Å². The maximum atomic E-state index is 8.73. The predicted octanol–water partition coefficient (Wildman–Crippen LogP) is 1.50. The fourth-order valence-corrected chi connectivity index (χ4v) is 1.57. The zero-order valence-electron chi connectivity index (χ0n) is 9.30. The molecule has 0 aliphatic rings. The van der Waals surface area contributed by atoms with Crippen molar-refractivity contribution in [2.24, 2.45) is 0 Å². The minimum atomic E-state index is 0.192. The van der Waals surface area contributed by atoms with Gasteiger partial charge in [0.05, 0.1) is 17.6 Å². The van der Waals surface area contributed by atoms with Crippen LogP contribution in [0.4, 0.5) is 0 Å². The van der Waals surface area contributed by atoms with E-state index in [-0.39, 0.29) is 6.61 Å². The number of aromatic nitrogens is 3. The largest absolute Gasteiger partial charge is 0.396 e. The van der Waals surface area contributed by atoms with E-state index in [1.807, 2.05) is 31.3 Å². The first-order valence-corrected chi connectivity index (χ1v) is 5.39. The highest BCUT2D eigenvalue weighted by Gasteiger charge is 2.02. The molecule has 0 unspecified atom stereocenters. The summed E-state index contributed by atoms with van der Waals surface area (Å²) in [5.41, 5.74) is 3.13. The Bertz CT molecular complexity index is 465. The molecule has 1 aromatic carbocycles. The summed E-state index contributed by atoms with van der Waals surface area (Å²) < 4.78 is 1.76. The van der Waals surface area contributed by atoms with Gasteiger partial charge in [-0.1, -0.05) is 17.3 Å². The normalized spacial score (nSPS) is 10.6. The third kappa shape index (κ3) is 2.46. The second-order valence-corrected chi connectivity index (χ2v) is 3.82. The zero-order chi connectivity index (χ0) is 11.4. The Morgan fingerprint density at radius 1 is 1.38 bits per heavy atom. The monoisotopic (exact) mass is 217 g/mol. The van der Waals surface area contributed by atoms with Crippen LogP contribution in [0.5, 0.6) is 0 Å². The van der Waals surface area contributed by atoms with Crippen molar-refractivity contribution in [3.8, 4) is 5.69 Å². The number of aliphatic hydroxyl groups is 1. The van der Waals surface area contributed by atoms with Gasteiger partial charge in [0.2, 0.25) is 0 Å². The Balaban J connectivity index is 2.18. The van der Waals surface area contributed by atoms with E-state index in [9.17, 15) is 0 Å². The molecule has 0 fully saturated rings. The van der Waals surface area contributed by atoms with Crippen LogP contribution in [0.1, 0.15) is 17.7 Å². The second kappa shape index (κ2) is 4.90. The average molecular weight is 217 g/mol. The lowest BCUT2D eigenvalue weighted by Crippen LogP contribution is -1.94. The van der Waals surface area contributed by atoms with Crippen LogP contribution < -0.4 is 0 Å². The number of hydrogen-bond acceptors (Lipinski definition) is 3. The Kier molecular flexibility index (Phi) is 3.31. The predicted molar refractivity (Wildman–Crippen MR) is 61.5 cm³/mol. The van der Waals surface area contributed by atoms with Crippen LogP contribution in [-0.2, 0) is 6.42 Å². The lowest BCUT2D eigenvalue weighted by atomic mass is 10.2. The molecule has 84 valence electrons. The van der Waals surface area contributed by atoms with Crippen molar-refractivity contribution in [1.82, 2.24) is 15.0 Å². The third-order valence-corrected chi connectivity index (χ3v) is 2.40. The average Bonchev–Trinajstić information content (AvgIpc) is 2.75. The van der Waals surface area contributed by atoms with Crippen molar-refractivity contribution in [3.05, 3.63) is 41.7 Å². The maximum absolute atomic E-state index is 8.73. The minimum absolute atomic E-state index is 0.192. The van der Waals surface area contributed by atoms with Gasteiger partial charge in [-0.2, -0.15) is 0 Å². The van der Waals surface area contributed by atoms with E-state index >= 15 is 0 Å². The Morgan fingerprint density at radius 3 is 3.00 bits per heavy atom. The van der Waals surface area contributed by atoms with Crippen LogP contribution in [0.2, 0.25) is 0 Å². The lowest BCUT2D eigenvalue weighted by Gasteiger charge is -2.00. The number of hydrogen-bond donors (Lipinski definition) is 1. The maximum Gasteiger partial charge on any atom is 0.0832 e. The smallest absolute Gasteiger partial charge is 0.0832 e. The van der Waals surface area contributed by atoms with Crippen molar-refractivity contribution >= 4 is 0 Å². The molecule has 2 rings (SSSR count). The molecule has 4 heteroatoms. The van der Waals surface area contributed by atoms with Crippen molar-refractivity contribution in [2.45, 2.75) is 19.8 Å². The van der Waals surface area contributed by atoms with Gasteiger partial charge in [-0.15, -0.1) is 5.10 Å². The molecule has 1 aromatic heterocycles. The molecule has 0 bridgehead atoms. The number of rotatable bonds is 4. The zero-order valence-corrected chi connectivity index (χ0v) is 9.30. The SMILES string of the molecule is Cc1cccc(-n2cc(CCCO)nn2)c1. The van der Waals surface area contributed by atoms with Crippen LogP contribution in [-0.4, -0.2) is 26.7 Å². The van der Waals surface area contributed by atoms with Crippen molar-refractivity contribution < 1.29 is 5.11 Å². The molecule has 0 saturated heterocycles. The van der Waals surface area contributed by atoms with E-state index in [0.29, 0.717) is 0 Å². The van der Waals surface area contributed by atoms with Gasteiger partial charge >= 0.3 is 0 Å². The van der Waals surface area contributed by atoms with Crippen LogP contribution in [0.15, 0.2) is 30.5 Å². The quantitative estimate of drug-likeness (QED) is 0.844. The Morgan fingerprint density at radius 2 is 2.25 bits per heavy atom. The summed E-state index contributed by atoms with van der Waals surface area (Å²) in [5, 5.41) is 16.9. The number of benzene rings is 1. The van der Waals surface area contributed by atoms with E-state index in [1.165, 1.54) is 5.56 Å². The van der Waals surface area contributed by atoms with Gasteiger partial charge in [-0.25, -0.2) is 4.68 Å². The van der Waals surface area contributed by atoms with Crippen molar-refractivity contribution in [1.29, 1.82) is 0 Å². The highest BCUT2D eigenvalue weighted by Crippen LogP contribution is 2.09. The molecule has 2 aromatic rings. The Hall–Kier alpha value is -1.68. The summed E-state index contributed by atoms with van der Waals surface area (Å²) in [5.74, 6) is 0. The fourth-order valence-electron chi connectivity index (χ4n) is 1.57. The number of aliphatic hydroxyl groups excluding tert-OH is 1. The summed E-state index contributed by atoms with van der Waals surface area (Å²) >= 11 is 0. The fraction of sp³-hybridized carbons (Fsp3) is 0.333. The molecule has 4 nitrogen and oxygen atoms in total. The van der Waals surface area contributed by atoms with Crippen molar-refractivity contribution in [3.63, 3.8) is 0 Å². The van der Waals surface area contributed by atoms with Gasteiger partial charge in [0.1, 0.15) is 0 Å². The van der Waals surface area contributed by atoms with Gasteiger partial charge in [0, 0.05) is 6.61 Å². The minimum Gasteiger partial charge on any atom is -0.396 e. The molecule has 0 aliphatic heterocycles. The molecule has 0 atom stereocenters. The van der Waals surface area contributed by atoms with E-state index < -0.39 is 0 Å². The van der Waals surface area contributed by atoms with E-state index in [4.69, 9.17) is 5.11 Å². The second-order valence-electron chi connectivity index (χ2n) is 3.82. The molecular formula is C12H15N3O. The molecule has 1 heterocycles. The summed E-state index contributed by atoms with van der Waals surface area (Å²) in [6, 6.07) is 8.11. The summed E-state index contributed by atoms with van der Waals surface area (Å²) in [6.07, 6.45) is 3.40. The first-order chi connectivity index (χ1) is 7.79. The van der Waals surface area contributed by atoms with E-state index in [0.717, 1.165) is 24.2 Å². The number of aryl methyl sites for hydroxylation is 2. The highest BCUT2D eigenvalue weighted by molar-refractivity contribution is 5.34. The van der Waals surface area contributed by atoms with E-state index in [1.54, 1.807) is 4.68 Å². The van der Waals surface area contributed by atoms with Gasteiger partial charge < -0.3 is 5.11 Å². The van der Waals surface area contributed by atoms with Crippen LogP contribution in [0.3, 0.4) is 0 Å². The van der Waals surface area contributed by atoms with Gasteiger partial charge in [0.15, 0.2) is 0 Å². The summed E-state index contributed by atoms with van der Waals surface area (Å²) in [4.78, 5) is 0. The van der Waals surface area contributed by atoms with Crippen molar-refractivity contribution in [2.75, 3.05) is 6.61 Å². The van der Waals surface area contributed by atoms with E-state index in [2.05, 4.69) is 16.4 Å². The third-order valence-electron chi connectivity index (χ3n) is 2.40.